The number of amides is 2. The fraction of sp³-hybridized carbons (Fsp3) is 0.292. The van der Waals surface area contributed by atoms with Gasteiger partial charge in [-0.2, -0.15) is 0 Å². The van der Waals surface area contributed by atoms with Crippen molar-refractivity contribution < 1.29 is 23.8 Å². The lowest BCUT2D eigenvalue weighted by Gasteiger charge is -2.20. The molecule has 0 fully saturated rings. The van der Waals surface area contributed by atoms with E-state index in [4.69, 9.17) is 14.2 Å². The number of anilines is 1. The van der Waals surface area contributed by atoms with E-state index < -0.39 is 6.09 Å². The number of ether oxygens (including phenoxy) is 3. The summed E-state index contributed by atoms with van der Waals surface area (Å²) in [5.41, 5.74) is 2.83. The minimum Gasteiger partial charge on any atom is -0.493 e. The minimum atomic E-state index is -0.606. The highest BCUT2D eigenvalue weighted by molar-refractivity contribution is 7.13. The van der Waals surface area contributed by atoms with Gasteiger partial charge in [0.2, 0.25) is 0 Å². The molecule has 3 aromatic rings. The quantitative estimate of drug-likeness (QED) is 0.530. The van der Waals surface area contributed by atoms with Crippen LogP contribution < -0.4 is 24.8 Å². The van der Waals surface area contributed by atoms with Crippen LogP contribution >= 0.6 is 11.3 Å². The Morgan fingerprint density at radius 1 is 1.12 bits per heavy atom. The summed E-state index contributed by atoms with van der Waals surface area (Å²) in [5, 5.41) is 5.93. The van der Waals surface area contributed by atoms with Crippen molar-refractivity contribution >= 4 is 29.0 Å². The Balaban J connectivity index is 1.33. The van der Waals surface area contributed by atoms with Crippen LogP contribution in [0.5, 0.6) is 16.7 Å². The number of carbonyl (C=O) groups is 2. The summed E-state index contributed by atoms with van der Waals surface area (Å²) >= 11 is 1.40. The molecule has 2 N–H and O–H groups in total. The van der Waals surface area contributed by atoms with Crippen LogP contribution in [0.1, 0.15) is 26.5 Å². The molecule has 0 aliphatic carbocycles. The van der Waals surface area contributed by atoms with E-state index in [1.165, 1.54) is 25.6 Å². The van der Waals surface area contributed by atoms with Crippen LogP contribution in [0.4, 0.5) is 10.5 Å². The second-order valence-corrected chi connectivity index (χ2v) is 8.85. The highest BCUT2D eigenvalue weighted by atomic mass is 32.1. The zero-order valence-corrected chi connectivity index (χ0v) is 20.0. The van der Waals surface area contributed by atoms with Gasteiger partial charge in [0.05, 0.1) is 19.9 Å². The Labute approximate surface area is 201 Å². The number of aromatic nitrogens is 1. The molecule has 0 atom stereocenters. The average Bonchev–Trinajstić information content (AvgIpc) is 3.23. The first kappa shape index (κ1) is 23.5. The van der Waals surface area contributed by atoms with Gasteiger partial charge in [0, 0.05) is 42.2 Å². The van der Waals surface area contributed by atoms with Crippen LogP contribution in [0, 0.1) is 0 Å². The molecule has 1 aliphatic rings. The van der Waals surface area contributed by atoms with E-state index in [9.17, 15) is 9.59 Å². The molecule has 1 aliphatic heterocycles. The predicted molar refractivity (Wildman–Crippen MR) is 129 cm³/mol. The first-order valence-corrected chi connectivity index (χ1v) is 11.5. The van der Waals surface area contributed by atoms with E-state index in [1.807, 2.05) is 6.07 Å². The van der Waals surface area contributed by atoms with Gasteiger partial charge in [-0.25, -0.2) is 9.78 Å². The third-order valence-electron chi connectivity index (χ3n) is 5.35. The summed E-state index contributed by atoms with van der Waals surface area (Å²) in [5.74, 6) is 0.778. The van der Waals surface area contributed by atoms with Crippen molar-refractivity contribution in [2.75, 3.05) is 33.1 Å². The maximum absolute atomic E-state index is 12.5. The zero-order valence-electron chi connectivity index (χ0n) is 19.2. The van der Waals surface area contributed by atoms with E-state index in [1.54, 1.807) is 36.4 Å². The Kier molecular flexibility index (Phi) is 7.29. The van der Waals surface area contributed by atoms with Crippen LogP contribution in [-0.4, -0.2) is 49.7 Å². The standard InChI is InChI=1S/C24H26N4O5S/c1-28-10-9-18-21(14-28)34-24(27-18)33-23(30)26-17-6-4-5-15(11-17)13-25-22(29)16-7-8-19(31-2)20(12-16)32-3/h4-8,11-12H,9-10,13-14H2,1-3H3,(H,25,29)(H,26,30). The summed E-state index contributed by atoms with van der Waals surface area (Å²) in [6.45, 7) is 2.04. The SMILES string of the molecule is COc1ccc(C(=O)NCc2cccc(NC(=O)Oc3nc4c(s3)CN(C)CC4)c2)cc1OC. The normalized spacial score (nSPS) is 13.0. The highest BCUT2D eigenvalue weighted by Gasteiger charge is 2.20. The molecular weight excluding hydrogens is 456 g/mol. The third-order valence-corrected chi connectivity index (χ3v) is 6.32. The van der Waals surface area contributed by atoms with E-state index in [-0.39, 0.29) is 12.5 Å². The summed E-state index contributed by atoms with van der Waals surface area (Å²) in [4.78, 5) is 32.7. The summed E-state index contributed by atoms with van der Waals surface area (Å²) in [6, 6.07) is 12.2. The molecule has 2 heterocycles. The lowest BCUT2D eigenvalue weighted by atomic mass is 10.1. The van der Waals surface area contributed by atoms with Crippen molar-refractivity contribution in [1.29, 1.82) is 0 Å². The van der Waals surface area contributed by atoms with Gasteiger partial charge in [0.25, 0.3) is 11.1 Å². The molecule has 0 unspecified atom stereocenters. The number of carbonyl (C=O) groups excluding carboxylic acids is 2. The number of benzene rings is 2. The van der Waals surface area contributed by atoms with Crippen molar-refractivity contribution in [2.45, 2.75) is 19.5 Å². The van der Waals surface area contributed by atoms with E-state index in [2.05, 4.69) is 27.6 Å². The maximum atomic E-state index is 12.5. The topological polar surface area (TPSA) is 102 Å². The number of thiazole rings is 1. The largest absolute Gasteiger partial charge is 0.493 e. The van der Waals surface area contributed by atoms with E-state index >= 15 is 0 Å². The third kappa shape index (κ3) is 5.64. The number of likely N-dealkylation sites (N-methyl/N-ethyl adjacent to an activating group) is 1. The van der Waals surface area contributed by atoms with Gasteiger partial charge in [-0.1, -0.05) is 23.5 Å². The Bertz CT molecular complexity index is 1200. The first-order chi connectivity index (χ1) is 16.4. The number of nitrogens with one attached hydrogen (secondary N) is 2. The second-order valence-electron chi connectivity index (χ2n) is 7.80. The molecule has 4 rings (SSSR count). The van der Waals surface area contributed by atoms with E-state index in [0.717, 1.165) is 35.6 Å². The van der Waals surface area contributed by atoms with Crippen molar-refractivity contribution in [3.63, 3.8) is 0 Å². The van der Waals surface area contributed by atoms with Gasteiger partial charge in [0.1, 0.15) is 0 Å². The molecule has 34 heavy (non-hydrogen) atoms. The van der Waals surface area contributed by atoms with Crippen LogP contribution in [0.3, 0.4) is 0 Å². The highest BCUT2D eigenvalue weighted by Crippen LogP contribution is 2.30. The van der Waals surface area contributed by atoms with Gasteiger partial charge >= 0.3 is 6.09 Å². The molecule has 0 spiro atoms. The molecule has 178 valence electrons. The monoisotopic (exact) mass is 482 g/mol. The lowest BCUT2D eigenvalue weighted by molar-refractivity contribution is 0.0950. The molecule has 2 amide bonds. The van der Waals surface area contributed by atoms with Gasteiger partial charge < -0.3 is 24.4 Å². The molecule has 2 aromatic carbocycles. The Hall–Kier alpha value is -3.63. The molecule has 0 saturated carbocycles. The Morgan fingerprint density at radius 2 is 1.94 bits per heavy atom. The number of rotatable bonds is 7. The van der Waals surface area contributed by atoms with Gasteiger partial charge in [-0.3, -0.25) is 10.1 Å². The lowest BCUT2D eigenvalue weighted by Crippen LogP contribution is -2.25. The number of hydrogen-bond donors (Lipinski definition) is 2. The van der Waals surface area contributed by atoms with Gasteiger partial charge in [0.15, 0.2) is 11.5 Å². The minimum absolute atomic E-state index is 0.253. The fourth-order valence-corrected chi connectivity index (χ4v) is 4.62. The predicted octanol–water partition coefficient (Wildman–Crippen LogP) is 3.69. The second kappa shape index (κ2) is 10.5. The smallest absolute Gasteiger partial charge is 0.419 e. The first-order valence-electron chi connectivity index (χ1n) is 10.7. The molecule has 9 nitrogen and oxygen atoms in total. The van der Waals surface area contributed by atoms with Crippen LogP contribution in [0.15, 0.2) is 42.5 Å². The number of fused-ring (bicyclic) bond motifs is 1. The van der Waals surface area contributed by atoms with Crippen LogP contribution in [-0.2, 0) is 19.5 Å². The Morgan fingerprint density at radius 3 is 2.74 bits per heavy atom. The van der Waals surface area contributed by atoms with Crippen molar-refractivity contribution in [2.24, 2.45) is 0 Å². The molecule has 10 heteroatoms. The zero-order chi connectivity index (χ0) is 24.1. The molecule has 0 bridgehead atoms. The number of methoxy groups -OCH3 is 2. The van der Waals surface area contributed by atoms with Crippen molar-refractivity contribution in [3.8, 4) is 16.7 Å². The molecular formula is C24H26N4O5S. The van der Waals surface area contributed by atoms with Crippen LogP contribution in [0.25, 0.3) is 0 Å². The summed E-state index contributed by atoms with van der Waals surface area (Å²) in [6.07, 6.45) is 0.246. The van der Waals surface area contributed by atoms with E-state index in [0.29, 0.717) is 27.9 Å². The summed E-state index contributed by atoms with van der Waals surface area (Å²) < 4.78 is 15.8. The van der Waals surface area contributed by atoms with Crippen molar-refractivity contribution in [3.05, 3.63) is 64.2 Å². The molecule has 1 aromatic heterocycles. The number of nitrogens with zero attached hydrogens (tertiary/aromatic N) is 2. The average molecular weight is 483 g/mol. The molecule has 0 saturated heterocycles. The fourth-order valence-electron chi connectivity index (χ4n) is 3.59. The molecule has 0 radical (unpaired) electrons. The van der Waals surface area contributed by atoms with Gasteiger partial charge in [-0.15, -0.1) is 0 Å². The maximum Gasteiger partial charge on any atom is 0.419 e. The van der Waals surface area contributed by atoms with Gasteiger partial charge in [-0.05, 0) is 42.9 Å². The number of hydrogen-bond acceptors (Lipinski definition) is 8. The van der Waals surface area contributed by atoms with Crippen LogP contribution in [0.2, 0.25) is 0 Å². The summed E-state index contributed by atoms with van der Waals surface area (Å²) in [7, 11) is 5.11. The van der Waals surface area contributed by atoms with Crippen molar-refractivity contribution in [1.82, 2.24) is 15.2 Å².